The number of hydrogen-bond donors (Lipinski definition) is 0. The molecule has 0 saturated heterocycles. The average Bonchev–Trinajstić information content (AvgIpc) is 3.04. The second kappa shape index (κ2) is 8.30. The molecule has 0 bridgehead atoms. The maximum atomic E-state index is 13.6. The molecule has 0 radical (unpaired) electrons. The van der Waals surface area contributed by atoms with Gasteiger partial charge in [0.1, 0.15) is 17.0 Å². The Bertz CT molecular complexity index is 934. The van der Waals surface area contributed by atoms with Crippen molar-refractivity contribution >= 4 is 30.4 Å². The summed E-state index contributed by atoms with van der Waals surface area (Å²) in [4.78, 5) is 12.2. The van der Waals surface area contributed by atoms with Crippen LogP contribution in [0.15, 0.2) is 51.9 Å². The molecule has 10 heteroatoms. The molecule has 0 fully saturated rings. The number of carbonyl (C=O) groups excluding carboxylic acids is 1. The first-order chi connectivity index (χ1) is 13.1. The highest BCUT2D eigenvalue weighted by atomic mass is 35.5. The van der Waals surface area contributed by atoms with Crippen molar-refractivity contribution in [3.05, 3.63) is 58.6 Å². The number of halogens is 4. The lowest BCUT2D eigenvalue weighted by molar-refractivity contribution is -0.107. The quantitative estimate of drug-likeness (QED) is 0.373. The van der Waals surface area contributed by atoms with Gasteiger partial charge in [0.2, 0.25) is 0 Å². The highest BCUT2D eigenvalue weighted by molar-refractivity contribution is 6.30. The molecule has 28 heavy (non-hydrogen) atoms. The smallest absolute Gasteiger partial charge is 0.433 e. The number of carbonyl (C=O) groups is 1. The molecule has 6 nitrogen and oxygen atoms in total. The van der Waals surface area contributed by atoms with Crippen LogP contribution in [-0.2, 0) is 4.74 Å². The van der Waals surface area contributed by atoms with Gasteiger partial charge in [-0.15, -0.1) is 0 Å². The van der Waals surface area contributed by atoms with Gasteiger partial charge in [-0.2, -0.15) is 18.3 Å². The van der Waals surface area contributed by atoms with Gasteiger partial charge in [-0.1, -0.05) is 35.5 Å². The van der Waals surface area contributed by atoms with Gasteiger partial charge in [0.05, 0.1) is 7.11 Å². The van der Waals surface area contributed by atoms with Crippen molar-refractivity contribution < 1.29 is 27.2 Å². The summed E-state index contributed by atoms with van der Waals surface area (Å²) in [6.07, 6.45) is -4.26. The third-order valence-electron chi connectivity index (χ3n) is 3.52. The summed E-state index contributed by atoms with van der Waals surface area (Å²) >= 11 is 5.83. The van der Waals surface area contributed by atoms with Crippen LogP contribution in [0.3, 0.4) is 0 Å². The Morgan fingerprint density at radius 1 is 1.36 bits per heavy atom. The molecular formula is C18H15ClF3N3O3. The minimum Gasteiger partial charge on any atom is -0.465 e. The molecular weight excluding hydrogens is 399 g/mol. The van der Waals surface area contributed by atoms with Gasteiger partial charge in [0.25, 0.3) is 0 Å². The first-order valence-electron chi connectivity index (χ1n) is 7.65. The number of rotatable bonds is 6. The van der Waals surface area contributed by atoms with E-state index in [1.54, 1.807) is 0 Å². The largest absolute Gasteiger partial charge is 0.465 e. The molecule has 0 aliphatic heterocycles. The van der Waals surface area contributed by atoms with E-state index >= 15 is 0 Å². The molecule has 0 aliphatic rings. The number of hydrogen-bond acceptors (Lipinski definition) is 6. The summed E-state index contributed by atoms with van der Waals surface area (Å²) < 4.78 is 50.4. The van der Waals surface area contributed by atoms with Crippen molar-refractivity contribution in [3.8, 4) is 11.3 Å². The van der Waals surface area contributed by atoms with Gasteiger partial charge in [-0.25, -0.2) is 9.80 Å². The molecule has 0 unspecified atom stereocenters. The number of aromatic nitrogens is 1. The highest BCUT2D eigenvalue weighted by Crippen LogP contribution is 2.35. The van der Waals surface area contributed by atoms with Crippen LogP contribution in [0.2, 0.25) is 5.02 Å². The Morgan fingerprint density at radius 2 is 1.96 bits per heavy atom. The lowest BCUT2D eigenvalue weighted by atomic mass is 10.1. The van der Waals surface area contributed by atoms with Crippen LogP contribution in [-0.4, -0.2) is 36.1 Å². The molecule has 0 N–H and O–H groups in total. The van der Waals surface area contributed by atoms with Gasteiger partial charge >= 0.3 is 12.1 Å². The van der Waals surface area contributed by atoms with Crippen LogP contribution in [0.5, 0.6) is 0 Å². The lowest BCUT2D eigenvalue weighted by Crippen LogP contribution is -2.26. The molecule has 0 aliphatic carbocycles. The van der Waals surface area contributed by atoms with Crippen LogP contribution in [0.1, 0.15) is 23.0 Å². The topological polar surface area (TPSA) is 67.9 Å². The molecule has 2 rings (SSSR count). The molecule has 0 spiro atoms. The van der Waals surface area contributed by atoms with Crippen molar-refractivity contribution in [1.82, 2.24) is 10.2 Å². The minimum atomic E-state index is -4.85. The van der Waals surface area contributed by atoms with Crippen LogP contribution in [0, 0.1) is 0 Å². The Labute approximate surface area is 163 Å². The molecule has 1 heterocycles. The van der Waals surface area contributed by atoms with Crippen LogP contribution in [0.25, 0.3) is 17.3 Å². The van der Waals surface area contributed by atoms with Gasteiger partial charge in [0, 0.05) is 29.1 Å². The maximum absolute atomic E-state index is 13.6. The van der Waals surface area contributed by atoms with E-state index in [0.717, 1.165) is 7.11 Å². The fourth-order valence-electron chi connectivity index (χ4n) is 2.30. The second-order valence-corrected chi connectivity index (χ2v) is 5.92. The van der Waals surface area contributed by atoms with Crippen LogP contribution in [0.4, 0.5) is 13.2 Å². The summed E-state index contributed by atoms with van der Waals surface area (Å²) in [5.41, 5.74) is -1.18. The third kappa shape index (κ3) is 4.42. The number of methoxy groups -OCH3 is 1. The predicted molar refractivity (Wildman–Crippen MR) is 98.5 cm³/mol. The Morgan fingerprint density at radius 3 is 2.43 bits per heavy atom. The first-order valence-corrected chi connectivity index (χ1v) is 8.03. The summed E-state index contributed by atoms with van der Waals surface area (Å²) in [6, 6.07) is 6.15. The number of ether oxygens (including phenoxy) is 1. The summed E-state index contributed by atoms with van der Waals surface area (Å²) in [7, 11) is 1.09. The Hall–Kier alpha value is -3.07. The summed E-state index contributed by atoms with van der Waals surface area (Å²) in [6.45, 7) is 7.87. The predicted octanol–water partition coefficient (Wildman–Crippen LogP) is 5.14. The van der Waals surface area contributed by atoms with E-state index < -0.39 is 23.6 Å². The van der Waals surface area contributed by atoms with Crippen molar-refractivity contribution in [1.29, 1.82) is 0 Å². The van der Waals surface area contributed by atoms with Gasteiger partial charge in [0.15, 0.2) is 5.76 Å². The molecule has 2 aromatic rings. The fourth-order valence-corrected chi connectivity index (χ4v) is 2.42. The fraction of sp³-hybridized carbons (Fsp3) is 0.167. The standard InChI is InChI=1S/C18H15ClF3N3O3/c1-10(2)25(23-3)14(18(20,21)22)9-13-15(17(26)27-4)16(24-28-13)11-5-7-12(19)8-6-11/h5-9H,1,3H2,2,4H3/b14-9+. The molecule has 0 amide bonds. The number of allylic oxidation sites excluding steroid dienone is 2. The molecule has 0 saturated carbocycles. The average molecular weight is 414 g/mol. The lowest BCUT2D eigenvalue weighted by Gasteiger charge is -2.23. The van der Waals surface area contributed by atoms with Crippen LogP contribution < -0.4 is 0 Å². The highest BCUT2D eigenvalue weighted by Gasteiger charge is 2.39. The zero-order valence-electron chi connectivity index (χ0n) is 14.9. The van der Waals surface area contributed by atoms with E-state index in [2.05, 4.69) is 28.3 Å². The monoisotopic (exact) mass is 413 g/mol. The van der Waals surface area contributed by atoms with E-state index in [4.69, 9.17) is 16.1 Å². The molecule has 0 atom stereocenters. The molecule has 1 aromatic carbocycles. The third-order valence-corrected chi connectivity index (χ3v) is 3.77. The van der Waals surface area contributed by atoms with E-state index in [0.29, 0.717) is 21.7 Å². The van der Waals surface area contributed by atoms with E-state index in [9.17, 15) is 18.0 Å². The Balaban J connectivity index is 2.71. The van der Waals surface area contributed by atoms with E-state index in [1.165, 1.54) is 31.2 Å². The van der Waals surface area contributed by atoms with Gasteiger partial charge in [-0.3, -0.25) is 0 Å². The number of benzene rings is 1. The molecule has 148 valence electrons. The Kier molecular flexibility index (Phi) is 6.30. The summed E-state index contributed by atoms with van der Waals surface area (Å²) in [5, 5.41) is 7.96. The van der Waals surface area contributed by atoms with E-state index in [1.807, 2.05) is 0 Å². The number of nitrogens with zero attached hydrogens (tertiary/aromatic N) is 3. The zero-order valence-corrected chi connectivity index (χ0v) is 15.6. The zero-order chi connectivity index (χ0) is 21.1. The van der Waals surface area contributed by atoms with Crippen molar-refractivity contribution in [2.75, 3.05) is 7.11 Å². The van der Waals surface area contributed by atoms with Gasteiger partial charge in [-0.05, 0) is 19.1 Å². The van der Waals surface area contributed by atoms with E-state index in [-0.39, 0.29) is 17.0 Å². The van der Waals surface area contributed by atoms with Crippen LogP contribution >= 0.6 is 11.6 Å². The van der Waals surface area contributed by atoms with Crippen molar-refractivity contribution in [2.45, 2.75) is 13.1 Å². The number of esters is 1. The number of hydrazone groups is 1. The SMILES string of the molecule is C=NN(C(=C)C)/C(=C/c1onc(-c2ccc(Cl)cc2)c1C(=O)OC)C(F)(F)F. The molecule has 1 aromatic heterocycles. The minimum absolute atomic E-state index is 0.00438. The normalized spacial score (nSPS) is 11.9. The first kappa shape index (κ1) is 21.2. The number of alkyl halides is 3. The van der Waals surface area contributed by atoms with Crippen molar-refractivity contribution in [3.63, 3.8) is 0 Å². The summed E-state index contributed by atoms with van der Waals surface area (Å²) in [5.74, 6) is -1.38. The second-order valence-electron chi connectivity index (χ2n) is 5.48. The van der Waals surface area contributed by atoms with Gasteiger partial charge < -0.3 is 9.26 Å². The maximum Gasteiger partial charge on any atom is 0.433 e. The van der Waals surface area contributed by atoms with Crippen molar-refractivity contribution in [2.24, 2.45) is 5.10 Å².